The van der Waals surface area contributed by atoms with E-state index in [1.807, 2.05) is 24.4 Å². The lowest BCUT2D eigenvalue weighted by Gasteiger charge is -2.11. The van der Waals surface area contributed by atoms with Crippen LogP contribution in [0.15, 0.2) is 24.4 Å². The maximum atomic E-state index is 11.7. The number of aromatic nitrogens is 1. The Bertz CT molecular complexity index is 540. The van der Waals surface area contributed by atoms with Crippen LogP contribution in [0.2, 0.25) is 0 Å². The second kappa shape index (κ2) is 4.62. The van der Waals surface area contributed by atoms with Gasteiger partial charge in [-0.1, -0.05) is 19.9 Å². The SMILES string of the molecule is COC(=O)c1ccc2cc[nH]c2c1CC(C)C. The first-order valence-electron chi connectivity index (χ1n) is 5.80. The van der Waals surface area contributed by atoms with Gasteiger partial charge >= 0.3 is 5.97 Å². The first-order chi connectivity index (χ1) is 8.13. The minimum absolute atomic E-state index is 0.267. The van der Waals surface area contributed by atoms with Crippen LogP contribution in [-0.4, -0.2) is 18.1 Å². The van der Waals surface area contributed by atoms with Crippen LogP contribution < -0.4 is 0 Å². The highest BCUT2D eigenvalue weighted by atomic mass is 16.5. The van der Waals surface area contributed by atoms with Crippen LogP contribution in [-0.2, 0) is 11.2 Å². The van der Waals surface area contributed by atoms with Gasteiger partial charge in [0.15, 0.2) is 0 Å². The molecule has 1 heterocycles. The second-order valence-corrected chi connectivity index (χ2v) is 4.62. The summed E-state index contributed by atoms with van der Waals surface area (Å²) in [6.07, 6.45) is 2.76. The average Bonchev–Trinajstić information content (AvgIpc) is 2.76. The highest BCUT2D eigenvalue weighted by Crippen LogP contribution is 2.24. The van der Waals surface area contributed by atoms with Crippen LogP contribution in [0.1, 0.15) is 29.8 Å². The van der Waals surface area contributed by atoms with E-state index in [0.29, 0.717) is 11.5 Å². The summed E-state index contributed by atoms with van der Waals surface area (Å²) < 4.78 is 4.83. The number of methoxy groups -OCH3 is 1. The van der Waals surface area contributed by atoms with Crippen molar-refractivity contribution >= 4 is 16.9 Å². The fourth-order valence-electron chi connectivity index (χ4n) is 2.11. The zero-order chi connectivity index (χ0) is 12.4. The number of benzene rings is 1. The summed E-state index contributed by atoms with van der Waals surface area (Å²) in [5.41, 5.74) is 2.76. The molecule has 0 atom stereocenters. The predicted octanol–water partition coefficient (Wildman–Crippen LogP) is 3.15. The van der Waals surface area contributed by atoms with Crippen molar-refractivity contribution in [1.29, 1.82) is 0 Å². The van der Waals surface area contributed by atoms with Crippen molar-refractivity contribution in [1.82, 2.24) is 4.98 Å². The third kappa shape index (κ3) is 2.18. The van der Waals surface area contributed by atoms with Gasteiger partial charge in [0.05, 0.1) is 12.7 Å². The Morgan fingerprint density at radius 3 is 2.76 bits per heavy atom. The molecule has 0 unspecified atom stereocenters. The van der Waals surface area contributed by atoms with Gasteiger partial charge in [0.2, 0.25) is 0 Å². The van der Waals surface area contributed by atoms with E-state index in [1.165, 1.54) is 7.11 Å². The van der Waals surface area contributed by atoms with Crippen LogP contribution in [0.5, 0.6) is 0 Å². The predicted molar refractivity (Wildman–Crippen MR) is 68.2 cm³/mol. The molecule has 0 saturated carbocycles. The number of H-pyrrole nitrogens is 1. The molecular formula is C14H17NO2. The number of carbonyl (C=O) groups is 1. The van der Waals surface area contributed by atoms with Crippen molar-refractivity contribution in [2.75, 3.05) is 7.11 Å². The summed E-state index contributed by atoms with van der Waals surface area (Å²) in [4.78, 5) is 15.0. The number of nitrogens with one attached hydrogen (secondary N) is 1. The number of rotatable bonds is 3. The Morgan fingerprint density at radius 1 is 1.35 bits per heavy atom. The van der Waals surface area contributed by atoms with Crippen molar-refractivity contribution in [2.24, 2.45) is 5.92 Å². The quantitative estimate of drug-likeness (QED) is 0.824. The van der Waals surface area contributed by atoms with Gasteiger partial charge in [-0.3, -0.25) is 0 Å². The second-order valence-electron chi connectivity index (χ2n) is 4.62. The van der Waals surface area contributed by atoms with E-state index in [0.717, 1.165) is 22.9 Å². The Balaban J connectivity index is 2.61. The molecule has 0 aliphatic heterocycles. The van der Waals surface area contributed by atoms with Crippen molar-refractivity contribution in [3.63, 3.8) is 0 Å². The zero-order valence-electron chi connectivity index (χ0n) is 10.4. The van der Waals surface area contributed by atoms with Gasteiger partial charge in [0, 0.05) is 11.7 Å². The van der Waals surface area contributed by atoms with Crippen LogP contribution in [0.4, 0.5) is 0 Å². The molecule has 0 radical (unpaired) electrons. The molecule has 1 N–H and O–H groups in total. The van der Waals surface area contributed by atoms with E-state index in [2.05, 4.69) is 18.8 Å². The Labute approximate surface area is 101 Å². The first-order valence-corrected chi connectivity index (χ1v) is 5.80. The Morgan fingerprint density at radius 2 is 2.12 bits per heavy atom. The molecule has 2 rings (SSSR count). The molecule has 0 saturated heterocycles. The molecule has 17 heavy (non-hydrogen) atoms. The fourth-order valence-corrected chi connectivity index (χ4v) is 2.11. The van der Waals surface area contributed by atoms with Crippen LogP contribution in [0.25, 0.3) is 10.9 Å². The number of carbonyl (C=O) groups excluding carboxylic acids is 1. The maximum absolute atomic E-state index is 11.7. The first kappa shape index (κ1) is 11.7. The number of aromatic amines is 1. The standard InChI is InChI=1S/C14H17NO2/c1-9(2)8-12-11(14(16)17-3)5-4-10-6-7-15-13(10)12/h4-7,9,15H,8H2,1-3H3. The average molecular weight is 231 g/mol. The van der Waals surface area contributed by atoms with Crippen LogP contribution in [0.3, 0.4) is 0 Å². The molecular weight excluding hydrogens is 214 g/mol. The molecule has 1 aromatic carbocycles. The number of ether oxygens (including phenoxy) is 1. The molecule has 0 bridgehead atoms. The third-order valence-electron chi connectivity index (χ3n) is 2.85. The number of fused-ring (bicyclic) bond motifs is 1. The zero-order valence-corrected chi connectivity index (χ0v) is 10.4. The maximum Gasteiger partial charge on any atom is 0.338 e. The minimum Gasteiger partial charge on any atom is -0.465 e. The van der Waals surface area contributed by atoms with Gasteiger partial charge in [0.25, 0.3) is 0 Å². The monoisotopic (exact) mass is 231 g/mol. The van der Waals surface area contributed by atoms with Crippen molar-refractivity contribution < 1.29 is 9.53 Å². The molecule has 0 spiro atoms. The molecule has 90 valence electrons. The lowest BCUT2D eigenvalue weighted by Crippen LogP contribution is -2.08. The van der Waals surface area contributed by atoms with Crippen molar-refractivity contribution in [2.45, 2.75) is 20.3 Å². The highest BCUT2D eigenvalue weighted by molar-refractivity contribution is 5.97. The van der Waals surface area contributed by atoms with Gasteiger partial charge in [0.1, 0.15) is 0 Å². The van der Waals surface area contributed by atoms with Crippen molar-refractivity contribution in [3.8, 4) is 0 Å². The fraction of sp³-hybridized carbons (Fsp3) is 0.357. The van der Waals surface area contributed by atoms with Gasteiger partial charge in [-0.05, 0) is 35.4 Å². The van der Waals surface area contributed by atoms with E-state index in [4.69, 9.17) is 4.74 Å². The molecule has 0 amide bonds. The summed E-state index contributed by atoms with van der Waals surface area (Å²) in [7, 11) is 1.42. The summed E-state index contributed by atoms with van der Waals surface area (Å²) in [5, 5.41) is 1.13. The van der Waals surface area contributed by atoms with Gasteiger partial charge in [-0.2, -0.15) is 0 Å². The molecule has 0 aliphatic carbocycles. The molecule has 2 aromatic rings. The van der Waals surface area contributed by atoms with Crippen LogP contribution in [0, 0.1) is 5.92 Å². The summed E-state index contributed by atoms with van der Waals surface area (Å²) >= 11 is 0. The normalized spacial score (nSPS) is 11.1. The number of esters is 1. The van der Waals surface area contributed by atoms with E-state index >= 15 is 0 Å². The minimum atomic E-state index is -0.267. The molecule has 0 fully saturated rings. The smallest absolute Gasteiger partial charge is 0.338 e. The van der Waals surface area contributed by atoms with E-state index < -0.39 is 0 Å². The third-order valence-corrected chi connectivity index (χ3v) is 2.85. The number of hydrogen-bond acceptors (Lipinski definition) is 2. The summed E-state index contributed by atoms with van der Waals surface area (Å²) in [6, 6.07) is 5.81. The lowest BCUT2D eigenvalue weighted by atomic mass is 9.96. The Kier molecular flexibility index (Phi) is 3.18. The van der Waals surface area contributed by atoms with E-state index in [1.54, 1.807) is 0 Å². The lowest BCUT2D eigenvalue weighted by molar-refractivity contribution is 0.0599. The Hall–Kier alpha value is -1.77. The molecule has 3 heteroatoms. The van der Waals surface area contributed by atoms with Crippen LogP contribution >= 0.6 is 0 Å². The molecule has 0 aliphatic rings. The van der Waals surface area contributed by atoms with E-state index in [-0.39, 0.29) is 5.97 Å². The summed E-state index contributed by atoms with van der Waals surface area (Å²) in [6.45, 7) is 4.28. The number of hydrogen-bond donors (Lipinski definition) is 1. The summed E-state index contributed by atoms with van der Waals surface area (Å²) in [5.74, 6) is 0.226. The van der Waals surface area contributed by atoms with Gasteiger partial charge < -0.3 is 9.72 Å². The van der Waals surface area contributed by atoms with Gasteiger partial charge in [-0.15, -0.1) is 0 Å². The van der Waals surface area contributed by atoms with Crippen molar-refractivity contribution in [3.05, 3.63) is 35.5 Å². The molecule has 1 aromatic heterocycles. The van der Waals surface area contributed by atoms with E-state index in [9.17, 15) is 4.79 Å². The molecule has 3 nitrogen and oxygen atoms in total. The topological polar surface area (TPSA) is 42.1 Å². The highest BCUT2D eigenvalue weighted by Gasteiger charge is 2.16. The largest absolute Gasteiger partial charge is 0.465 e. The van der Waals surface area contributed by atoms with Gasteiger partial charge in [-0.25, -0.2) is 4.79 Å².